The summed E-state index contributed by atoms with van der Waals surface area (Å²) in [6.45, 7) is 20.3. The Kier molecular flexibility index (Phi) is 16.6. The molecule has 67 heavy (non-hydrogen) atoms. The van der Waals surface area contributed by atoms with Gasteiger partial charge in [0.25, 0.3) is 5.91 Å². The van der Waals surface area contributed by atoms with Gasteiger partial charge in [0.2, 0.25) is 5.91 Å². The number of anilines is 1. The van der Waals surface area contributed by atoms with Crippen molar-refractivity contribution in [3.8, 4) is 23.1 Å². The number of hydrogen-bond donors (Lipinski definition) is 4. The first-order valence-corrected chi connectivity index (χ1v) is 23.7. The highest BCUT2D eigenvalue weighted by atomic mass is 35.5. The predicted molar refractivity (Wildman–Crippen MR) is 263 cm³/mol. The Hall–Kier alpha value is -5.74. The Balaban J connectivity index is 0.877. The molecule has 12 nitrogen and oxygen atoms in total. The maximum Gasteiger partial charge on any atom is 0.251 e. The number of β-amino-alcohol motifs (C(OH)–C–C–N with tert-alkyl or cyclic N) is 1. The van der Waals surface area contributed by atoms with Gasteiger partial charge in [-0.05, 0) is 78.8 Å². The molecule has 1 saturated carbocycles. The molecule has 1 aromatic heterocycles. The molecule has 6 rings (SSSR count). The van der Waals surface area contributed by atoms with Crippen LogP contribution >= 0.6 is 11.6 Å². The van der Waals surface area contributed by atoms with Crippen molar-refractivity contribution < 1.29 is 29.0 Å². The second-order valence-corrected chi connectivity index (χ2v) is 20.7. The highest BCUT2D eigenvalue weighted by Gasteiger charge is 2.64. The minimum atomic E-state index is -0.682. The molecular formula is C54H67ClN6O6. The van der Waals surface area contributed by atoms with E-state index in [1.54, 1.807) is 29.3 Å². The number of rotatable bonds is 21. The van der Waals surface area contributed by atoms with E-state index in [0.29, 0.717) is 47.2 Å². The van der Waals surface area contributed by atoms with Crippen molar-refractivity contribution in [1.82, 2.24) is 20.5 Å². The number of hydrogen-bond acceptors (Lipinski definition) is 10. The van der Waals surface area contributed by atoms with Crippen LogP contribution in [0, 0.1) is 33.5 Å². The summed E-state index contributed by atoms with van der Waals surface area (Å²) in [6, 6.07) is 28.0. The van der Waals surface area contributed by atoms with Gasteiger partial charge in [0.05, 0.1) is 28.4 Å². The number of benzene rings is 3. The number of ketones is 1. The van der Waals surface area contributed by atoms with Crippen LogP contribution in [0.1, 0.15) is 102 Å². The first-order chi connectivity index (χ1) is 31.8. The molecule has 0 spiro atoms. The quantitative estimate of drug-likeness (QED) is 0.0592. The number of nitrogens with one attached hydrogen (secondary N) is 3. The highest BCUT2D eigenvalue weighted by Crippen LogP contribution is 2.55. The molecule has 2 fully saturated rings. The van der Waals surface area contributed by atoms with E-state index in [2.05, 4.69) is 61.3 Å². The molecule has 4 aromatic rings. The summed E-state index contributed by atoms with van der Waals surface area (Å²) in [4.78, 5) is 46.9. The first-order valence-electron chi connectivity index (χ1n) is 23.3. The summed E-state index contributed by atoms with van der Waals surface area (Å²) in [5.74, 6) is -0.440. The third-order valence-corrected chi connectivity index (χ3v) is 13.6. The summed E-state index contributed by atoms with van der Waals surface area (Å²) in [7, 11) is 0. The van der Waals surface area contributed by atoms with Crippen molar-refractivity contribution in [2.45, 2.75) is 111 Å². The lowest BCUT2D eigenvalue weighted by Crippen LogP contribution is -2.74. The zero-order valence-corrected chi connectivity index (χ0v) is 40.8. The first kappa shape index (κ1) is 50.7. The number of halogens is 1. The third kappa shape index (κ3) is 12.6. The Morgan fingerprint density at radius 3 is 2.34 bits per heavy atom. The molecule has 356 valence electrons. The summed E-state index contributed by atoms with van der Waals surface area (Å²) in [5.41, 5.74) is 4.28. The molecule has 2 amide bonds. The van der Waals surface area contributed by atoms with Gasteiger partial charge in [0.1, 0.15) is 24.5 Å². The minimum Gasteiger partial charge on any atom is -0.489 e. The molecule has 3 aromatic carbocycles. The topological polar surface area (TPSA) is 166 Å². The molecule has 0 unspecified atom stereocenters. The van der Waals surface area contributed by atoms with E-state index in [4.69, 9.17) is 21.1 Å². The molecular weight excluding hydrogens is 864 g/mol. The van der Waals surface area contributed by atoms with E-state index in [-0.39, 0.29) is 60.1 Å². The monoisotopic (exact) mass is 930 g/mol. The maximum absolute atomic E-state index is 14.1. The van der Waals surface area contributed by atoms with Gasteiger partial charge in [-0.1, -0.05) is 97.0 Å². The van der Waals surface area contributed by atoms with Crippen LogP contribution in [0.4, 0.5) is 5.69 Å². The van der Waals surface area contributed by atoms with Crippen LogP contribution in [0.25, 0.3) is 11.3 Å². The number of unbranched alkanes of at least 4 members (excludes halogenated alkanes) is 2. The fourth-order valence-electron chi connectivity index (χ4n) is 9.77. The summed E-state index contributed by atoms with van der Waals surface area (Å²) < 4.78 is 12.1. The van der Waals surface area contributed by atoms with Crippen molar-refractivity contribution in [1.29, 1.82) is 5.26 Å². The van der Waals surface area contributed by atoms with Crippen molar-refractivity contribution in [2.24, 2.45) is 22.2 Å². The molecule has 1 saturated heterocycles. The van der Waals surface area contributed by atoms with E-state index in [1.807, 2.05) is 87.5 Å². The number of aromatic nitrogens is 1. The smallest absolute Gasteiger partial charge is 0.251 e. The largest absolute Gasteiger partial charge is 0.489 e. The number of aliphatic hydroxyl groups excluding tert-OH is 1. The summed E-state index contributed by atoms with van der Waals surface area (Å²) >= 11 is 6.24. The van der Waals surface area contributed by atoms with Crippen molar-refractivity contribution >= 4 is 34.9 Å². The SMILES string of the molecule is C=C(NCc1ccc(-c2ccccn2)cc1)[C@@H]1C[C@@H](O)CN1C(=O)[C@@H](CC(=O)COCCCCCNc1ccc(C(=O)NC2C(C)(C)C(Oc3ccc(C#N)c(Cl)c3)C2(C)C)cc1)C(C)(C)C. The van der Waals surface area contributed by atoms with Crippen LogP contribution in [0.15, 0.2) is 103 Å². The lowest BCUT2D eigenvalue weighted by atomic mass is 9.49. The summed E-state index contributed by atoms with van der Waals surface area (Å²) in [5, 5.41) is 30.3. The average molecular weight is 932 g/mol. The number of nitrogens with zero attached hydrogens (tertiary/aromatic N) is 3. The van der Waals surface area contributed by atoms with Gasteiger partial charge in [-0.2, -0.15) is 5.26 Å². The van der Waals surface area contributed by atoms with Gasteiger partial charge in [0, 0.05) is 96.6 Å². The fraction of sp³-hybridized carbons (Fsp3) is 0.463. The van der Waals surface area contributed by atoms with E-state index in [1.165, 1.54) is 0 Å². The number of nitriles is 1. The Morgan fingerprint density at radius 2 is 1.70 bits per heavy atom. The molecule has 1 aliphatic heterocycles. The van der Waals surface area contributed by atoms with E-state index in [0.717, 1.165) is 48.3 Å². The van der Waals surface area contributed by atoms with E-state index < -0.39 is 23.5 Å². The lowest BCUT2D eigenvalue weighted by Gasteiger charge is -2.63. The van der Waals surface area contributed by atoms with Crippen molar-refractivity contribution in [3.05, 3.63) is 125 Å². The summed E-state index contributed by atoms with van der Waals surface area (Å²) in [6.07, 6.45) is 3.90. The number of likely N-dealkylation sites (tertiary alicyclic amines) is 1. The highest BCUT2D eigenvalue weighted by molar-refractivity contribution is 6.31. The number of aliphatic hydroxyl groups is 1. The van der Waals surface area contributed by atoms with Gasteiger partial charge < -0.3 is 35.4 Å². The number of carbonyl (C=O) groups is 3. The van der Waals surface area contributed by atoms with Gasteiger partial charge in [-0.15, -0.1) is 0 Å². The van der Waals surface area contributed by atoms with Crippen LogP contribution in [0.3, 0.4) is 0 Å². The third-order valence-electron chi connectivity index (χ3n) is 13.3. The standard InChI is InChI=1S/C54H67ClN6O6/c1-35(59-32-36-15-17-37(18-16-36)46-14-10-12-26-58-46)47-29-41(62)33-61(47)49(65)44(52(2,3)4)28-42(63)34-66-27-13-9-11-25-57-40-22-19-38(20-23-40)48(64)60-50-53(5,6)51(54(50,7)8)67-43-24-21-39(31-56)45(55)30-43/h10,12,14-24,26,30,41,44,47,50-51,57,59,62H,1,9,11,13,25,27-29,32-34H2,2-8H3,(H,60,64)/t41-,44-,47+,50?,51?/m1/s1. The maximum atomic E-state index is 14.1. The van der Waals surface area contributed by atoms with Crippen LogP contribution in [0.2, 0.25) is 5.02 Å². The molecule has 2 aliphatic rings. The molecule has 0 bridgehead atoms. The molecule has 13 heteroatoms. The number of ether oxygens (including phenoxy) is 2. The zero-order chi connectivity index (χ0) is 48.5. The normalized spacial score (nSPS) is 19.9. The molecule has 3 atom stereocenters. The fourth-order valence-corrected chi connectivity index (χ4v) is 9.99. The average Bonchev–Trinajstić information content (AvgIpc) is 3.70. The number of Topliss-reactive ketones (excluding diaryl/α,β-unsaturated/α-hetero) is 1. The molecule has 0 radical (unpaired) electrons. The molecule has 4 N–H and O–H groups in total. The zero-order valence-electron chi connectivity index (χ0n) is 40.0. The van der Waals surface area contributed by atoms with Gasteiger partial charge >= 0.3 is 0 Å². The predicted octanol–water partition coefficient (Wildman–Crippen LogP) is 9.37. The van der Waals surface area contributed by atoms with Crippen molar-refractivity contribution in [3.63, 3.8) is 0 Å². The second kappa shape index (κ2) is 21.9. The van der Waals surface area contributed by atoms with Gasteiger partial charge in [-0.25, -0.2) is 0 Å². The number of carbonyl (C=O) groups excluding carboxylic acids is 3. The van der Waals surface area contributed by atoms with Crippen LogP contribution in [0.5, 0.6) is 5.75 Å². The van der Waals surface area contributed by atoms with Crippen LogP contribution in [-0.4, -0.2) is 83.2 Å². The number of pyridine rings is 1. The second-order valence-electron chi connectivity index (χ2n) is 20.3. The van der Waals surface area contributed by atoms with E-state index in [9.17, 15) is 24.8 Å². The molecule has 1 aliphatic carbocycles. The van der Waals surface area contributed by atoms with Crippen LogP contribution < -0.4 is 20.7 Å². The van der Waals surface area contributed by atoms with Crippen molar-refractivity contribution in [2.75, 3.05) is 31.6 Å². The van der Waals surface area contributed by atoms with Gasteiger partial charge in [0.15, 0.2) is 5.78 Å². The number of amides is 2. The lowest BCUT2D eigenvalue weighted by molar-refractivity contribution is -0.164. The van der Waals surface area contributed by atoms with Gasteiger partial charge in [-0.3, -0.25) is 19.4 Å². The Labute approximate surface area is 401 Å². The molecule has 2 heterocycles. The van der Waals surface area contributed by atoms with Crippen LogP contribution in [-0.2, 0) is 20.9 Å². The minimum absolute atomic E-state index is 0.0532. The Bertz CT molecular complexity index is 2380. The Morgan fingerprint density at radius 1 is 0.985 bits per heavy atom. The van der Waals surface area contributed by atoms with E-state index >= 15 is 0 Å².